The van der Waals surface area contributed by atoms with E-state index < -0.39 is 0 Å². The highest BCUT2D eigenvalue weighted by molar-refractivity contribution is 8.14. The fraction of sp³-hybridized carbons (Fsp3) is 0.579. The summed E-state index contributed by atoms with van der Waals surface area (Å²) in [4.78, 5) is 7.42. The predicted molar refractivity (Wildman–Crippen MR) is 100 cm³/mol. The van der Waals surface area contributed by atoms with Crippen molar-refractivity contribution in [1.82, 2.24) is 4.90 Å². The highest BCUT2D eigenvalue weighted by atomic mass is 32.2. The number of hydrogen-bond acceptors (Lipinski definition) is 3. The Labute approximate surface area is 144 Å². The molecule has 3 nitrogen and oxygen atoms in total. The molecule has 124 valence electrons. The summed E-state index contributed by atoms with van der Waals surface area (Å²) >= 11 is 1.88. The van der Waals surface area contributed by atoms with Crippen LogP contribution in [0.15, 0.2) is 23.2 Å². The minimum absolute atomic E-state index is 0.611. The van der Waals surface area contributed by atoms with Crippen LogP contribution in [0.3, 0.4) is 0 Å². The summed E-state index contributed by atoms with van der Waals surface area (Å²) < 4.78 is 0. The van der Waals surface area contributed by atoms with Crippen molar-refractivity contribution in [1.29, 1.82) is 5.26 Å². The molecule has 1 saturated heterocycles. The standard InChI is InChI=1S/C19H27N3S/c1-5-6-7-17-13-23-19(22(17)12-14(2)3)21-18-9-8-16(11-20)10-15(18)4/h8-10,14,17H,5-7,12-13H2,1-4H3/t17-/m0/s1. The van der Waals surface area contributed by atoms with Gasteiger partial charge in [0, 0.05) is 18.3 Å². The summed E-state index contributed by atoms with van der Waals surface area (Å²) in [5.74, 6) is 1.77. The molecule has 0 unspecified atom stereocenters. The zero-order valence-corrected chi connectivity index (χ0v) is 15.5. The first-order valence-electron chi connectivity index (χ1n) is 8.54. The van der Waals surface area contributed by atoms with Crippen LogP contribution in [0.25, 0.3) is 0 Å². The van der Waals surface area contributed by atoms with Gasteiger partial charge in [-0.2, -0.15) is 5.26 Å². The lowest BCUT2D eigenvalue weighted by Crippen LogP contribution is -2.36. The molecule has 0 bridgehead atoms. The lowest BCUT2D eigenvalue weighted by Gasteiger charge is -2.27. The normalized spacial score (nSPS) is 19.6. The number of rotatable bonds is 6. The molecule has 0 radical (unpaired) electrons. The van der Waals surface area contributed by atoms with Crippen molar-refractivity contribution in [2.75, 3.05) is 12.3 Å². The lowest BCUT2D eigenvalue weighted by atomic mass is 10.1. The molecular weight excluding hydrogens is 302 g/mol. The highest BCUT2D eigenvalue weighted by Gasteiger charge is 2.30. The molecule has 0 aromatic heterocycles. The summed E-state index contributed by atoms with van der Waals surface area (Å²) in [5.41, 5.74) is 2.75. The van der Waals surface area contributed by atoms with Crippen molar-refractivity contribution in [3.05, 3.63) is 29.3 Å². The maximum Gasteiger partial charge on any atom is 0.164 e. The van der Waals surface area contributed by atoms with Gasteiger partial charge in [-0.15, -0.1) is 0 Å². The van der Waals surface area contributed by atoms with E-state index in [1.54, 1.807) is 0 Å². The van der Waals surface area contributed by atoms with Crippen molar-refractivity contribution < 1.29 is 0 Å². The van der Waals surface area contributed by atoms with E-state index in [-0.39, 0.29) is 0 Å². The van der Waals surface area contributed by atoms with Gasteiger partial charge in [0.1, 0.15) is 0 Å². The van der Waals surface area contributed by atoms with Crippen molar-refractivity contribution in [3.8, 4) is 6.07 Å². The first kappa shape index (κ1) is 17.9. The quantitative estimate of drug-likeness (QED) is 0.727. The van der Waals surface area contributed by atoms with Crippen LogP contribution in [0.2, 0.25) is 0 Å². The Morgan fingerprint density at radius 3 is 2.83 bits per heavy atom. The average Bonchev–Trinajstić information content (AvgIpc) is 2.88. The van der Waals surface area contributed by atoms with Crippen molar-refractivity contribution in [2.24, 2.45) is 10.9 Å². The second kappa shape index (κ2) is 8.40. The SMILES string of the molecule is CCCC[C@H]1CSC(=Nc2ccc(C#N)cc2C)N1CC(C)C. The molecule has 1 aromatic rings. The lowest BCUT2D eigenvalue weighted by molar-refractivity contribution is 0.295. The molecule has 1 atom stereocenters. The van der Waals surface area contributed by atoms with Crippen molar-refractivity contribution in [2.45, 2.75) is 53.0 Å². The number of nitrogens with zero attached hydrogens (tertiary/aromatic N) is 3. The molecule has 1 aromatic carbocycles. The molecule has 0 saturated carbocycles. The van der Waals surface area contributed by atoms with E-state index in [1.165, 1.54) is 19.3 Å². The van der Waals surface area contributed by atoms with Gasteiger partial charge in [0.25, 0.3) is 0 Å². The first-order chi connectivity index (χ1) is 11.0. The van der Waals surface area contributed by atoms with E-state index in [9.17, 15) is 0 Å². The number of benzene rings is 1. The zero-order valence-electron chi connectivity index (χ0n) is 14.7. The Balaban J connectivity index is 2.23. The summed E-state index contributed by atoms with van der Waals surface area (Å²) in [6, 6.07) is 8.54. The molecule has 0 amide bonds. The van der Waals surface area contributed by atoms with Crippen molar-refractivity contribution in [3.63, 3.8) is 0 Å². The molecular formula is C19H27N3S. The first-order valence-corrected chi connectivity index (χ1v) is 9.52. The summed E-state index contributed by atoms with van der Waals surface area (Å²) in [7, 11) is 0. The smallest absolute Gasteiger partial charge is 0.164 e. The van der Waals surface area contributed by atoms with Gasteiger partial charge in [-0.05, 0) is 43.0 Å². The van der Waals surface area contributed by atoms with Crippen LogP contribution >= 0.6 is 11.8 Å². The summed E-state index contributed by atoms with van der Waals surface area (Å²) in [6.07, 6.45) is 3.78. The van der Waals surface area contributed by atoms with Gasteiger partial charge >= 0.3 is 0 Å². The van der Waals surface area contributed by atoms with Gasteiger partial charge in [0.05, 0.1) is 17.3 Å². The van der Waals surface area contributed by atoms with Gasteiger partial charge in [-0.1, -0.05) is 45.4 Å². The molecule has 0 spiro atoms. The van der Waals surface area contributed by atoms with Gasteiger partial charge in [-0.25, -0.2) is 4.99 Å². The largest absolute Gasteiger partial charge is 0.347 e. The van der Waals surface area contributed by atoms with Gasteiger partial charge in [0.2, 0.25) is 0 Å². The number of unbranched alkanes of at least 4 members (excludes halogenated alkanes) is 1. The number of aliphatic imine (C=N–C) groups is 1. The molecule has 2 rings (SSSR count). The average molecular weight is 330 g/mol. The Morgan fingerprint density at radius 1 is 1.43 bits per heavy atom. The maximum absolute atomic E-state index is 9.00. The van der Waals surface area contributed by atoms with Crippen LogP contribution in [0.4, 0.5) is 5.69 Å². The van der Waals surface area contributed by atoms with Crippen LogP contribution in [0.1, 0.15) is 51.2 Å². The van der Waals surface area contributed by atoms with E-state index in [1.807, 2.05) is 36.9 Å². The van der Waals surface area contributed by atoms with Crippen LogP contribution < -0.4 is 0 Å². The minimum atomic E-state index is 0.611. The molecule has 0 aliphatic carbocycles. The van der Waals surface area contributed by atoms with Crippen LogP contribution in [0.5, 0.6) is 0 Å². The van der Waals surface area contributed by atoms with Gasteiger partial charge in [-0.3, -0.25) is 0 Å². The van der Waals surface area contributed by atoms with Crippen LogP contribution in [-0.4, -0.2) is 28.4 Å². The zero-order chi connectivity index (χ0) is 16.8. The number of thioether (sulfide) groups is 1. The molecule has 1 aliphatic heterocycles. The van der Waals surface area contributed by atoms with Crippen LogP contribution in [-0.2, 0) is 0 Å². The van der Waals surface area contributed by atoms with Crippen molar-refractivity contribution >= 4 is 22.6 Å². The molecule has 1 aliphatic rings. The fourth-order valence-electron chi connectivity index (χ4n) is 2.85. The van der Waals surface area contributed by atoms with Gasteiger partial charge in [0.15, 0.2) is 5.17 Å². The predicted octanol–water partition coefficient (Wildman–Crippen LogP) is 5.12. The van der Waals surface area contributed by atoms with Gasteiger partial charge < -0.3 is 4.90 Å². The minimum Gasteiger partial charge on any atom is -0.347 e. The number of nitriles is 1. The van der Waals surface area contributed by atoms with Crippen LogP contribution in [0, 0.1) is 24.2 Å². The Morgan fingerprint density at radius 2 is 2.22 bits per heavy atom. The number of amidine groups is 1. The summed E-state index contributed by atoms with van der Waals surface area (Å²) in [5, 5.41) is 10.1. The van der Waals surface area contributed by atoms with E-state index >= 15 is 0 Å². The van der Waals surface area contributed by atoms with E-state index in [4.69, 9.17) is 10.3 Å². The highest BCUT2D eigenvalue weighted by Crippen LogP contribution is 2.31. The molecule has 23 heavy (non-hydrogen) atoms. The third-order valence-corrected chi connectivity index (χ3v) is 5.22. The Kier molecular flexibility index (Phi) is 6.53. The molecule has 4 heteroatoms. The molecule has 1 fully saturated rings. The van der Waals surface area contributed by atoms with E-state index in [0.29, 0.717) is 17.5 Å². The third kappa shape index (κ3) is 4.75. The topological polar surface area (TPSA) is 39.4 Å². The second-order valence-corrected chi connectivity index (χ2v) is 7.65. The monoisotopic (exact) mass is 329 g/mol. The third-order valence-electron chi connectivity index (χ3n) is 4.09. The Bertz CT molecular complexity index is 601. The van der Waals surface area contributed by atoms with E-state index in [0.717, 1.165) is 28.7 Å². The number of hydrogen-bond donors (Lipinski definition) is 0. The summed E-state index contributed by atoms with van der Waals surface area (Å²) in [6.45, 7) is 9.88. The number of aryl methyl sites for hydroxylation is 1. The molecule has 0 N–H and O–H groups in total. The fourth-order valence-corrected chi connectivity index (χ4v) is 4.09. The maximum atomic E-state index is 9.00. The molecule has 1 heterocycles. The van der Waals surface area contributed by atoms with E-state index in [2.05, 4.69) is 31.7 Å². The second-order valence-electron chi connectivity index (χ2n) is 6.66. The Hall–Kier alpha value is -1.47.